The number of hydrogen-bond donors (Lipinski definition) is 0. The number of rotatable bonds is 3. The van der Waals surface area contributed by atoms with E-state index in [1.165, 1.54) is 36.6 Å². The van der Waals surface area contributed by atoms with E-state index >= 15 is 0 Å². The number of benzene rings is 1. The average molecular weight is 236 g/mol. The van der Waals surface area contributed by atoms with E-state index in [-0.39, 0.29) is 0 Å². The molecule has 1 aliphatic heterocycles. The van der Waals surface area contributed by atoms with E-state index in [1.807, 2.05) is 11.8 Å². The van der Waals surface area contributed by atoms with Crippen LogP contribution in [-0.4, -0.2) is 49.3 Å². The van der Waals surface area contributed by atoms with Crippen molar-refractivity contribution in [3.8, 4) is 0 Å². The third kappa shape index (κ3) is 3.00. The third-order valence-corrected chi connectivity index (χ3v) is 4.02. The van der Waals surface area contributed by atoms with Crippen LogP contribution in [0.2, 0.25) is 0 Å². The molecule has 0 aliphatic carbocycles. The zero-order chi connectivity index (χ0) is 11.4. The quantitative estimate of drug-likeness (QED) is 0.743. The smallest absolute Gasteiger partial charge is 0.0245 e. The van der Waals surface area contributed by atoms with E-state index in [0.29, 0.717) is 0 Å². The summed E-state index contributed by atoms with van der Waals surface area (Å²) in [6, 6.07) is 8.74. The van der Waals surface area contributed by atoms with Gasteiger partial charge in [0.25, 0.3) is 0 Å². The first-order chi connectivity index (χ1) is 7.79. The molecule has 1 aromatic carbocycles. The Balaban J connectivity index is 1.98. The molecule has 2 rings (SSSR count). The van der Waals surface area contributed by atoms with Crippen molar-refractivity contribution in [2.45, 2.75) is 11.4 Å². The average Bonchev–Trinajstić information content (AvgIpc) is 2.33. The Morgan fingerprint density at radius 2 is 1.81 bits per heavy atom. The molecule has 16 heavy (non-hydrogen) atoms. The van der Waals surface area contributed by atoms with Crippen LogP contribution in [-0.2, 0) is 6.54 Å². The standard InChI is InChI=1S/C13H20N2S/c1-14-7-9-15(10-8-14)11-12-5-3-4-6-13(12)16-2/h3-6H,7-11H2,1-2H3. The van der Waals surface area contributed by atoms with Gasteiger partial charge in [0, 0.05) is 37.6 Å². The molecule has 3 heteroatoms. The van der Waals surface area contributed by atoms with E-state index < -0.39 is 0 Å². The molecule has 0 atom stereocenters. The Morgan fingerprint density at radius 1 is 1.12 bits per heavy atom. The van der Waals surface area contributed by atoms with Crippen LogP contribution in [0.1, 0.15) is 5.56 Å². The van der Waals surface area contributed by atoms with Crippen molar-refractivity contribution in [1.82, 2.24) is 9.80 Å². The van der Waals surface area contributed by atoms with E-state index in [1.54, 1.807) is 0 Å². The van der Waals surface area contributed by atoms with Crippen molar-refractivity contribution in [2.24, 2.45) is 0 Å². The van der Waals surface area contributed by atoms with Crippen molar-refractivity contribution in [2.75, 3.05) is 39.5 Å². The molecule has 2 nitrogen and oxygen atoms in total. The van der Waals surface area contributed by atoms with Gasteiger partial charge in [-0.05, 0) is 24.9 Å². The SMILES string of the molecule is CSc1ccccc1CN1CCN(C)CC1. The molecule has 1 heterocycles. The fourth-order valence-electron chi connectivity index (χ4n) is 2.08. The lowest BCUT2D eigenvalue weighted by Crippen LogP contribution is -2.43. The first kappa shape index (κ1) is 12.0. The molecular formula is C13H20N2S. The van der Waals surface area contributed by atoms with Gasteiger partial charge < -0.3 is 4.90 Å². The van der Waals surface area contributed by atoms with Gasteiger partial charge in [-0.1, -0.05) is 18.2 Å². The molecule has 1 aliphatic rings. The number of hydrogen-bond acceptors (Lipinski definition) is 3. The van der Waals surface area contributed by atoms with Gasteiger partial charge >= 0.3 is 0 Å². The number of likely N-dealkylation sites (N-methyl/N-ethyl adjacent to an activating group) is 1. The zero-order valence-electron chi connectivity index (χ0n) is 10.1. The molecule has 0 amide bonds. The minimum Gasteiger partial charge on any atom is -0.304 e. The Bertz CT molecular complexity index is 332. The Kier molecular flexibility index (Phi) is 4.27. The maximum atomic E-state index is 2.55. The van der Waals surface area contributed by atoms with E-state index in [9.17, 15) is 0 Å². The number of thioether (sulfide) groups is 1. The first-order valence-corrected chi connectivity index (χ1v) is 7.05. The van der Waals surface area contributed by atoms with Crippen LogP contribution in [0, 0.1) is 0 Å². The molecule has 0 spiro atoms. The fourth-order valence-corrected chi connectivity index (χ4v) is 2.69. The predicted octanol–water partition coefficient (Wildman–Crippen LogP) is 2.16. The summed E-state index contributed by atoms with van der Waals surface area (Å²) >= 11 is 1.85. The van der Waals surface area contributed by atoms with Crippen molar-refractivity contribution >= 4 is 11.8 Å². The Morgan fingerprint density at radius 3 is 2.50 bits per heavy atom. The monoisotopic (exact) mass is 236 g/mol. The molecule has 1 fully saturated rings. The van der Waals surface area contributed by atoms with Crippen LogP contribution < -0.4 is 0 Å². The number of nitrogens with zero attached hydrogens (tertiary/aromatic N) is 2. The van der Waals surface area contributed by atoms with E-state index in [2.05, 4.69) is 47.4 Å². The zero-order valence-corrected chi connectivity index (χ0v) is 11.0. The largest absolute Gasteiger partial charge is 0.304 e. The first-order valence-electron chi connectivity index (χ1n) is 5.82. The van der Waals surface area contributed by atoms with Crippen LogP contribution in [0.25, 0.3) is 0 Å². The van der Waals surface area contributed by atoms with Crippen molar-refractivity contribution in [3.63, 3.8) is 0 Å². The van der Waals surface area contributed by atoms with E-state index in [4.69, 9.17) is 0 Å². The van der Waals surface area contributed by atoms with Crippen LogP contribution in [0.4, 0.5) is 0 Å². The van der Waals surface area contributed by atoms with Crippen LogP contribution in [0.5, 0.6) is 0 Å². The second kappa shape index (κ2) is 5.71. The lowest BCUT2D eigenvalue weighted by atomic mass is 10.2. The van der Waals surface area contributed by atoms with Gasteiger partial charge in [0.15, 0.2) is 0 Å². The predicted molar refractivity (Wildman–Crippen MR) is 71.0 cm³/mol. The summed E-state index contributed by atoms with van der Waals surface area (Å²) in [6.45, 7) is 5.88. The summed E-state index contributed by atoms with van der Waals surface area (Å²) < 4.78 is 0. The maximum absolute atomic E-state index is 2.55. The molecule has 0 bridgehead atoms. The highest BCUT2D eigenvalue weighted by Gasteiger charge is 2.14. The molecule has 88 valence electrons. The van der Waals surface area contributed by atoms with Gasteiger partial charge in [-0.15, -0.1) is 11.8 Å². The summed E-state index contributed by atoms with van der Waals surface area (Å²) in [5, 5.41) is 0. The van der Waals surface area contributed by atoms with Gasteiger partial charge in [-0.25, -0.2) is 0 Å². The summed E-state index contributed by atoms with van der Waals surface area (Å²) in [4.78, 5) is 6.37. The Hall–Kier alpha value is -0.510. The van der Waals surface area contributed by atoms with Gasteiger partial charge in [-0.3, -0.25) is 4.90 Å². The topological polar surface area (TPSA) is 6.48 Å². The number of piperazine rings is 1. The summed E-state index contributed by atoms with van der Waals surface area (Å²) in [5.41, 5.74) is 1.47. The second-order valence-corrected chi connectivity index (χ2v) is 5.24. The highest BCUT2D eigenvalue weighted by Crippen LogP contribution is 2.21. The van der Waals surface area contributed by atoms with Gasteiger partial charge in [-0.2, -0.15) is 0 Å². The molecular weight excluding hydrogens is 216 g/mol. The minimum absolute atomic E-state index is 1.10. The molecule has 0 radical (unpaired) electrons. The molecule has 0 N–H and O–H groups in total. The highest BCUT2D eigenvalue weighted by molar-refractivity contribution is 7.98. The lowest BCUT2D eigenvalue weighted by Gasteiger charge is -2.32. The molecule has 1 aromatic rings. The molecule has 0 saturated carbocycles. The normalized spacial score (nSPS) is 18.9. The summed E-state index contributed by atoms with van der Waals surface area (Å²) in [7, 11) is 2.20. The van der Waals surface area contributed by atoms with Crippen molar-refractivity contribution in [1.29, 1.82) is 0 Å². The fraction of sp³-hybridized carbons (Fsp3) is 0.538. The lowest BCUT2D eigenvalue weighted by molar-refractivity contribution is 0.147. The third-order valence-electron chi connectivity index (χ3n) is 3.18. The summed E-state index contributed by atoms with van der Waals surface area (Å²) in [6.07, 6.45) is 2.16. The van der Waals surface area contributed by atoms with Gasteiger partial charge in [0.1, 0.15) is 0 Å². The summed E-state index contributed by atoms with van der Waals surface area (Å²) in [5.74, 6) is 0. The van der Waals surface area contributed by atoms with Crippen LogP contribution in [0.3, 0.4) is 0 Å². The Labute approximate surface area is 103 Å². The highest BCUT2D eigenvalue weighted by atomic mass is 32.2. The van der Waals surface area contributed by atoms with Gasteiger partial charge in [0.05, 0.1) is 0 Å². The molecule has 1 saturated heterocycles. The molecule has 0 unspecified atom stereocenters. The minimum atomic E-state index is 1.10. The van der Waals surface area contributed by atoms with Gasteiger partial charge in [0.2, 0.25) is 0 Å². The maximum Gasteiger partial charge on any atom is 0.0245 e. The van der Waals surface area contributed by atoms with Crippen LogP contribution in [0.15, 0.2) is 29.2 Å². The molecule has 0 aromatic heterocycles. The van der Waals surface area contributed by atoms with Crippen molar-refractivity contribution in [3.05, 3.63) is 29.8 Å². The van der Waals surface area contributed by atoms with E-state index in [0.717, 1.165) is 6.54 Å². The van der Waals surface area contributed by atoms with Crippen LogP contribution >= 0.6 is 11.8 Å². The second-order valence-electron chi connectivity index (χ2n) is 4.39. The van der Waals surface area contributed by atoms with Crippen molar-refractivity contribution < 1.29 is 0 Å².